The first-order valence-corrected chi connectivity index (χ1v) is 8.22. The average Bonchev–Trinajstić information content (AvgIpc) is 2.54. The fourth-order valence-corrected chi connectivity index (χ4v) is 2.29. The van der Waals surface area contributed by atoms with Crippen molar-refractivity contribution in [3.05, 3.63) is 30.3 Å². The van der Waals surface area contributed by atoms with Crippen LogP contribution in [0.4, 0.5) is 5.69 Å². The molecule has 1 aromatic rings. The predicted octanol–water partition coefficient (Wildman–Crippen LogP) is 1.78. The molecular weight excluding hydrogens is 304 g/mol. The molecule has 6 heteroatoms. The molecule has 0 fully saturated rings. The normalized spacial score (nSPS) is 10.5. The molecule has 0 aliphatic heterocycles. The molecule has 24 heavy (non-hydrogen) atoms. The van der Waals surface area contributed by atoms with Gasteiger partial charge in [-0.1, -0.05) is 25.1 Å². The summed E-state index contributed by atoms with van der Waals surface area (Å²) in [6.45, 7) is 6.98. The van der Waals surface area contributed by atoms with E-state index in [1.54, 1.807) is 9.80 Å². The molecule has 6 nitrogen and oxygen atoms in total. The van der Waals surface area contributed by atoms with Gasteiger partial charge in [-0.3, -0.25) is 14.5 Å². The van der Waals surface area contributed by atoms with Crippen molar-refractivity contribution in [1.82, 2.24) is 10.2 Å². The number of hydrogen-bond acceptors (Lipinski definition) is 4. The molecule has 0 atom stereocenters. The van der Waals surface area contributed by atoms with Gasteiger partial charge in [0.05, 0.1) is 25.6 Å². The Bertz CT molecular complexity index is 566. The van der Waals surface area contributed by atoms with Crippen molar-refractivity contribution in [3.8, 4) is 6.07 Å². The molecule has 0 saturated carbocycles. The molecule has 1 N–H and O–H groups in total. The number of likely N-dealkylation sites (N-methyl/N-ethyl adjacent to an activating group) is 1. The molecule has 0 radical (unpaired) electrons. The van der Waals surface area contributed by atoms with E-state index in [0.29, 0.717) is 13.1 Å². The largest absolute Gasteiger partial charge is 0.353 e. The lowest BCUT2D eigenvalue weighted by molar-refractivity contribution is -0.124. The Hall–Kier alpha value is -2.39. The highest BCUT2D eigenvalue weighted by atomic mass is 16.2. The molecule has 0 aliphatic rings. The first-order valence-electron chi connectivity index (χ1n) is 8.22. The number of benzene rings is 1. The van der Waals surface area contributed by atoms with Gasteiger partial charge in [-0.05, 0) is 32.5 Å². The number of nitrogens with one attached hydrogen (secondary N) is 1. The third-order valence-electron chi connectivity index (χ3n) is 3.44. The van der Waals surface area contributed by atoms with Crippen molar-refractivity contribution in [2.24, 2.45) is 0 Å². The molecule has 0 heterocycles. The van der Waals surface area contributed by atoms with Crippen LogP contribution in [0.2, 0.25) is 0 Å². The van der Waals surface area contributed by atoms with Crippen LogP contribution >= 0.6 is 0 Å². The molecule has 0 spiro atoms. The highest BCUT2D eigenvalue weighted by molar-refractivity contribution is 5.95. The quantitative estimate of drug-likeness (QED) is 0.749. The van der Waals surface area contributed by atoms with Gasteiger partial charge in [0.1, 0.15) is 0 Å². The summed E-state index contributed by atoms with van der Waals surface area (Å²) >= 11 is 0. The topological polar surface area (TPSA) is 76.4 Å². The molecule has 0 aromatic heterocycles. The third-order valence-corrected chi connectivity index (χ3v) is 3.44. The van der Waals surface area contributed by atoms with Gasteiger partial charge in [-0.15, -0.1) is 0 Å². The lowest BCUT2D eigenvalue weighted by Crippen LogP contribution is -2.45. The van der Waals surface area contributed by atoms with E-state index in [2.05, 4.69) is 11.4 Å². The first kappa shape index (κ1) is 19.7. The van der Waals surface area contributed by atoms with Crippen molar-refractivity contribution in [3.63, 3.8) is 0 Å². The third kappa shape index (κ3) is 6.80. The van der Waals surface area contributed by atoms with E-state index in [0.717, 1.165) is 5.69 Å². The molecule has 0 saturated heterocycles. The zero-order chi connectivity index (χ0) is 17.9. The summed E-state index contributed by atoms with van der Waals surface area (Å²) < 4.78 is 0. The molecule has 130 valence electrons. The second-order valence-corrected chi connectivity index (χ2v) is 5.81. The Kier molecular flexibility index (Phi) is 8.52. The van der Waals surface area contributed by atoms with Crippen LogP contribution in [0, 0.1) is 11.3 Å². The SMILES string of the molecule is CCN(CC(=O)NC(C)C)CC(=O)N(CCC#N)c1ccccc1. The summed E-state index contributed by atoms with van der Waals surface area (Å²) in [7, 11) is 0. The zero-order valence-corrected chi connectivity index (χ0v) is 14.7. The van der Waals surface area contributed by atoms with Gasteiger partial charge >= 0.3 is 0 Å². The van der Waals surface area contributed by atoms with E-state index < -0.39 is 0 Å². The van der Waals surface area contributed by atoms with Crippen LogP contribution in [0.1, 0.15) is 27.2 Å². The Morgan fingerprint density at radius 3 is 2.42 bits per heavy atom. The van der Waals surface area contributed by atoms with E-state index in [1.165, 1.54) is 0 Å². The Morgan fingerprint density at radius 2 is 1.88 bits per heavy atom. The van der Waals surface area contributed by atoms with Gasteiger partial charge in [0.25, 0.3) is 0 Å². The summed E-state index contributed by atoms with van der Waals surface area (Å²) in [4.78, 5) is 28.0. The minimum atomic E-state index is -0.115. The van der Waals surface area contributed by atoms with E-state index in [9.17, 15) is 9.59 Å². The highest BCUT2D eigenvalue weighted by Gasteiger charge is 2.19. The number of para-hydroxylation sites is 1. The number of nitrogens with zero attached hydrogens (tertiary/aromatic N) is 3. The monoisotopic (exact) mass is 330 g/mol. The van der Waals surface area contributed by atoms with E-state index in [4.69, 9.17) is 5.26 Å². The number of amides is 2. The number of hydrogen-bond donors (Lipinski definition) is 1. The van der Waals surface area contributed by atoms with Gasteiger partial charge < -0.3 is 10.2 Å². The fraction of sp³-hybridized carbons (Fsp3) is 0.500. The minimum Gasteiger partial charge on any atom is -0.353 e. The minimum absolute atomic E-state index is 0.0725. The Labute approximate surface area is 144 Å². The van der Waals surface area contributed by atoms with E-state index in [1.807, 2.05) is 51.1 Å². The fourth-order valence-electron chi connectivity index (χ4n) is 2.29. The van der Waals surface area contributed by atoms with Crippen LogP contribution in [0.5, 0.6) is 0 Å². The molecule has 0 unspecified atom stereocenters. The van der Waals surface area contributed by atoms with Gasteiger partial charge in [-0.25, -0.2) is 0 Å². The van der Waals surface area contributed by atoms with Crippen LogP contribution in [0.3, 0.4) is 0 Å². The average molecular weight is 330 g/mol. The van der Waals surface area contributed by atoms with Crippen molar-refractivity contribution < 1.29 is 9.59 Å². The van der Waals surface area contributed by atoms with Crippen LogP contribution < -0.4 is 10.2 Å². The van der Waals surface area contributed by atoms with E-state index >= 15 is 0 Å². The van der Waals surface area contributed by atoms with Crippen LogP contribution in [-0.2, 0) is 9.59 Å². The molecule has 0 aliphatic carbocycles. The van der Waals surface area contributed by atoms with Crippen molar-refractivity contribution in [2.75, 3.05) is 31.1 Å². The van der Waals surface area contributed by atoms with Gasteiger partial charge in [0.15, 0.2) is 0 Å². The summed E-state index contributed by atoms with van der Waals surface area (Å²) in [6.07, 6.45) is 0.264. The van der Waals surface area contributed by atoms with Crippen LogP contribution in [0.15, 0.2) is 30.3 Å². The van der Waals surface area contributed by atoms with Gasteiger partial charge in [-0.2, -0.15) is 5.26 Å². The smallest absolute Gasteiger partial charge is 0.241 e. The molecular formula is C18H26N4O2. The van der Waals surface area contributed by atoms with Crippen LogP contribution in [0.25, 0.3) is 0 Å². The Balaban J connectivity index is 2.75. The molecule has 1 rings (SSSR count). The number of carbonyl (C=O) groups is 2. The maximum atomic E-state index is 12.7. The van der Waals surface area contributed by atoms with Crippen molar-refractivity contribution in [2.45, 2.75) is 33.2 Å². The maximum Gasteiger partial charge on any atom is 0.241 e. The second-order valence-electron chi connectivity index (χ2n) is 5.81. The van der Waals surface area contributed by atoms with Gasteiger partial charge in [0.2, 0.25) is 11.8 Å². The summed E-state index contributed by atoms with van der Waals surface area (Å²) in [5, 5.41) is 11.7. The summed E-state index contributed by atoms with van der Waals surface area (Å²) in [5.41, 5.74) is 0.764. The number of rotatable bonds is 9. The lowest BCUT2D eigenvalue weighted by atomic mass is 10.2. The highest BCUT2D eigenvalue weighted by Crippen LogP contribution is 2.14. The second kappa shape index (κ2) is 10.4. The molecule has 2 amide bonds. The lowest BCUT2D eigenvalue weighted by Gasteiger charge is -2.26. The number of anilines is 1. The van der Waals surface area contributed by atoms with Gasteiger partial charge in [0, 0.05) is 18.3 Å². The molecule has 0 bridgehead atoms. The number of carbonyl (C=O) groups excluding carboxylic acids is 2. The summed E-state index contributed by atoms with van der Waals surface area (Å²) in [5.74, 6) is -0.210. The summed E-state index contributed by atoms with van der Waals surface area (Å²) in [6, 6.07) is 11.4. The molecule has 1 aromatic carbocycles. The van der Waals surface area contributed by atoms with Crippen LogP contribution in [-0.4, -0.2) is 48.9 Å². The Morgan fingerprint density at radius 1 is 1.21 bits per heavy atom. The predicted molar refractivity (Wildman–Crippen MR) is 94.4 cm³/mol. The van der Waals surface area contributed by atoms with Crippen molar-refractivity contribution >= 4 is 17.5 Å². The standard InChI is InChI=1S/C18H26N4O2/c1-4-21(13-17(23)20-15(2)3)14-18(24)22(12-8-11-19)16-9-6-5-7-10-16/h5-7,9-10,15H,4,8,12-14H2,1-3H3,(H,20,23). The zero-order valence-electron chi connectivity index (χ0n) is 14.7. The first-order chi connectivity index (χ1) is 11.5. The number of nitriles is 1. The van der Waals surface area contributed by atoms with Crippen molar-refractivity contribution in [1.29, 1.82) is 5.26 Å². The maximum absolute atomic E-state index is 12.7. The van der Waals surface area contributed by atoms with E-state index in [-0.39, 0.29) is 37.4 Å².